The minimum absolute atomic E-state index is 0.570. The van der Waals surface area contributed by atoms with Crippen LogP contribution in [-0.2, 0) is 6.42 Å². The van der Waals surface area contributed by atoms with Crippen molar-refractivity contribution in [2.75, 3.05) is 0 Å². The van der Waals surface area contributed by atoms with Gasteiger partial charge in [0.05, 0.1) is 6.07 Å². The van der Waals surface area contributed by atoms with Crippen LogP contribution in [0.5, 0.6) is 0 Å². The third-order valence-corrected chi connectivity index (χ3v) is 3.06. The molecule has 1 N–H and O–H groups in total. The maximum atomic E-state index is 8.61. The number of hydrogen-bond donors (Lipinski definition) is 1. The van der Waals surface area contributed by atoms with E-state index in [1.807, 2.05) is 6.07 Å². The summed E-state index contributed by atoms with van der Waals surface area (Å²) in [6, 6.07) is 8.37. The Morgan fingerprint density at radius 2 is 2.27 bits per heavy atom. The molecule has 0 spiro atoms. The second-order valence-corrected chi connectivity index (χ2v) is 4.49. The zero-order chi connectivity index (χ0) is 10.8. The van der Waals surface area contributed by atoms with Gasteiger partial charge in [0, 0.05) is 27.5 Å². The fourth-order valence-corrected chi connectivity index (χ4v) is 2.22. The highest BCUT2D eigenvalue weighted by molar-refractivity contribution is 9.10. The fourth-order valence-electron chi connectivity index (χ4n) is 1.86. The van der Waals surface area contributed by atoms with Crippen molar-refractivity contribution in [3.8, 4) is 6.07 Å². The van der Waals surface area contributed by atoms with Gasteiger partial charge in [0.25, 0.3) is 0 Å². The Morgan fingerprint density at radius 1 is 1.47 bits per heavy atom. The first-order valence-electron chi connectivity index (χ1n) is 4.86. The number of nitrogens with one attached hydrogen (secondary N) is 1. The van der Waals surface area contributed by atoms with Gasteiger partial charge in [-0.3, -0.25) is 0 Å². The van der Waals surface area contributed by atoms with Gasteiger partial charge in [0.1, 0.15) is 0 Å². The van der Waals surface area contributed by atoms with Crippen LogP contribution in [-0.4, -0.2) is 4.98 Å². The summed E-state index contributed by atoms with van der Waals surface area (Å²) in [5, 5.41) is 9.83. The Balaban J connectivity index is 2.56. The standard InChI is InChI=1S/C12H11BrN2/c1-8-10(3-2-6-14)11-7-9(13)4-5-12(11)15-8/h4-5,7,15H,2-3H2,1H3. The number of rotatable bonds is 2. The van der Waals surface area contributed by atoms with Crippen LogP contribution in [0.1, 0.15) is 17.7 Å². The number of aromatic nitrogens is 1. The zero-order valence-corrected chi connectivity index (χ0v) is 10.1. The molecule has 0 saturated carbocycles. The van der Waals surface area contributed by atoms with Crippen molar-refractivity contribution >= 4 is 26.8 Å². The largest absolute Gasteiger partial charge is 0.358 e. The van der Waals surface area contributed by atoms with E-state index in [4.69, 9.17) is 5.26 Å². The third kappa shape index (κ3) is 1.91. The van der Waals surface area contributed by atoms with Crippen molar-refractivity contribution in [3.63, 3.8) is 0 Å². The van der Waals surface area contributed by atoms with Crippen LogP contribution in [0.15, 0.2) is 22.7 Å². The molecule has 0 aliphatic heterocycles. The molecule has 0 atom stereocenters. The average Bonchev–Trinajstić information content (AvgIpc) is 2.51. The van der Waals surface area contributed by atoms with Crippen LogP contribution in [0.4, 0.5) is 0 Å². The van der Waals surface area contributed by atoms with Crippen LogP contribution in [0.25, 0.3) is 10.9 Å². The number of nitriles is 1. The molecule has 0 bridgehead atoms. The summed E-state index contributed by atoms with van der Waals surface area (Å²) in [5.41, 5.74) is 3.56. The number of halogens is 1. The van der Waals surface area contributed by atoms with E-state index in [-0.39, 0.29) is 0 Å². The molecule has 1 aromatic carbocycles. The van der Waals surface area contributed by atoms with Crippen molar-refractivity contribution in [3.05, 3.63) is 33.9 Å². The summed E-state index contributed by atoms with van der Waals surface area (Å²) in [4.78, 5) is 3.33. The van der Waals surface area contributed by atoms with Gasteiger partial charge >= 0.3 is 0 Å². The molecule has 0 radical (unpaired) electrons. The van der Waals surface area contributed by atoms with E-state index in [0.717, 1.165) is 16.4 Å². The Labute approximate surface area is 97.0 Å². The molecule has 1 heterocycles. The predicted molar refractivity (Wildman–Crippen MR) is 64.7 cm³/mol. The SMILES string of the molecule is Cc1[nH]c2ccc(Br)cc2c1CCC#N. The number of H-pyrrole nitrogens is 1. The number of fused-ring (bicyclic) bond motifs is 1. The Bertz CT molecular complexity index is 534. The van der Waals surface area contributed by atoms with E-state index in [9.17, 15) is 0 Å². The topological polar surface area (TPSA) is 39.6 Å². The van der Waals surface area contributed by atoms with Gasteiger partial charge in [0.2, 0.25) is 0 Å². The summed E-state index contributed by atoms with van der Waals surface area (Å²) >= 11 is 3.47. The normalized spacial score (nSPS) is 10.5. The smallest absolute Gasteiger partial charge is 0.0625 e. The molecule has 76 valence electrons. The summed E-state index contributed by atoms with van der Waals surface area (Å²) < 4.78 is 1.08. The van der Waals surface area contributed by atoms with Crippen LogP contribution < -0.4 is 0 Å². The highest BCUT2D eigenvalue weighted by Gasteiger charge is 2.07. The number of aryl methyl sites for hydroxylation is 2. The molecule has 15 heavy (non-hydrogen) atoms. The summed E-state index contributed by atoms with van der Waals surface area (Å²) in [6.45, 7) is 2.06. The minimum Gasteiger partial charge on any atom is -0.358 e. The van der Waals surface area contributed by atoms with Crippen molar-refractivity contribution < 1.29 is 0 Å². The first-order chi connectivity index (χ1) is 7.22. The maximum absolute atomic E-state index is 8.61. The van der Waals surface area contributed by atoms with Gasteiger partial charge < -0.3 is 4.98 Å². The summed E-state index contributed by atoms with van der Waals surface area (Å²) in [5.74, 6) is 0. The monoisotopic (exact) mass is 262 g/mol. The van der Waals surface area contributed by atoms with E-state index in [0.29, 0.717) is 6.42 Å². The molecule has 0 amide bonds. The lowest BCUT2D eigenvalue weighted by Gasteiger charge is -1.97. The number of nitrogens with zero attached hydrogens (tertiary/aromatic N) is 1. The predicted octanol–water partition coefficient (Wildman–Crippen LogP) is 3.70. The second kappa shape index (κ2) is 4.08. The average molecular weight is 263 g/mol. The van der Waals surface area contributed by atoms with Crippen LogP contribution in [0.2, 0.25) is 0 Å². The van der Waals surface area contributed by atoms with Crippen LogP contribution in [0, 0.1) is 18.3 Å². The molecule has 2 rings (SSSR count). The van der Waals surface area contributed by atoms with E-state index in [1.54, 1.807) is 0 Å². The van der Waals surface area contributed by atoms with Gasteiger partial charge in [-0.1, -0.05) is 15.9 Å². The molecule has 0 fully saturated rings. The lowest BCUT2D eigenvalue weighted by atomic mass is 10.1. The first kappa shape index (κ1) is 10.3. The minimum atomic E-state index is 0.570. The summed E-state index contributed by atoms with van der Waals surface area (Å²) in [7, 11) is 0. The lowest BCUT2D eigenvalue weighted by Crippen LogP contribution is -1.84. The van der Waals surface area contributed by atoms with Crippen molar-refractivity contribution in [2.45, 2.75) is 19.8 Å². The highest BCUT2D eigenvalue weighted by Crippen LogP contribution is 2.26. The molecule has 2 aromatic rings. The molecule has 0 aliphatic rings. The molecule has 0 unspecified atom stereocenters. The first-order valence-corrected chi connectivity index (χ1v) is 5.65. The molecular weight excluding hydrogens is 252 g/mol. The fraction of sp³-hybridized carbons (Fsp3) is 0.250. The molecule has 0 aliphatic carbocycles. The van der Waals surface area contributed by atoms with Crippen LogP contribution >= 0.6 is 15.9 Å². The van der Waals surface area contributed by atoms with Gasteiger partial charge in [-0.2, -0.15) is 5.26 Å². The highest BCUT2D eigenvalue weighted by atomic mass is 79.9. The molecule has 1 aromatic heterocycles. The zero-order valence-electron chi connectivity index (χ0n) is 8.47. The number of benzene rings is 1. The Morgan fingerprint density at radius 3 is 3.00 bits per heavy atom. The maximum Gasteiger partial charge on any atom is 0.0625 e. The van der Waals surface area contributed by atoms with Crippen molar-refractivity contribution in [1.29, 1.82) is 5.26 Å². The van der Waals surface area contributed by atoms with E-state index in [1.165, 1.54) is 16.6 Å². The van der Waals surface area contributed by atoms with Crippen molar-refractivity contribution in [1.82, 2.24) is 4.98 Å². The van der Waals surface area contributed by atoms with Gasteiger partial charge in [-0.05, 0) is 37.1 Å². The summed E-state index contributed by atoms with van der Waals surface area (Å²) in [6.07, 6.45) is 1.39. The van der Waals surface area contributed by atoms with E-state index < -0.39 is 0 Å². The lowest BCUT2D eigenvalue weighted by molar-refractivity contribution is 1.00. The Kier molecular flexibility index (Phi) is 2.79. The molecule has 3 heteroatoms. The van der Waals surface area contributed by atoms with Gasteiger partial charge in [-0.25, -0.2) is 0 Å². The Hall–Kier alpha value is -1.27. The third-order valence-electron chi connectivity index (χ3n) is 2.57. The van der Waals surface area contributed by atoms with Gasteiger partial charge in [-0.15, -0.1) is 0 Å². The number of aromatic amines is 1. The second-order valence-electron chi connectivity index (χ2n) is 3.58. The molecular formula is C12H11BrN2. The molecule has 2 nitrogen and oxygen atoms in total. The number of hydrogen-bond acceptors (Lipinski definition) is 1. The van der Waals surface area contributed by atoms with E-state index >= 15 is 0 Å². The van der Waals surface area contributed by atoms with Crippen LogP contribution in [0.3, 0.4) is 0 Å². The van der Waals surface area contributed by atoms with Gasteiger partial charge in [0.15, 0.2) is 0 Å². The van der Waals surface area contributed by atoms with E-state index in [2.05, 4.69) is 46.0 Å². The molecule has 0 saturated heterocycles. The quantitative estimate of drug-likeness (QED) is 0.881. The van der Waals surface area contributed by atoms with Crippen molar-refractivity contribution in [2.24, 2.45) is 0 Å².